The van der Waals surface area contributed by atoms with E-state index >= 15 is 0 Å². The van der Waals surface area contributed by atoms with Crippen molar-refractivity contribution >= 4 is 17.3 Å². The molecule has 272 valence electrons. The number of benzene rings is 3. The van der Waals surface area contributed by atoms with Crippen molar-refractivity contribution in [3.05, 3.63) is 138 Å². The van der Waals surface area contributed by atoms with Crippen LogP contribution in [-0.2, 0) is 6.54 Å². The van der Waals surface area contributed by atoms with Gasteiger partial charge in [-0.3, -0.25) is 9.88 Å². The number of hydrogen-bond donors (Lipinski definition) is 0. The molecule has 0 radical (unpaired) electrons. The molecule has 0 spiro atoms. The number of piperidine rings is 1. The lowest BCUT2D eigenvalue weighted by Gasteiger charge is -2.40. The minimum absolute atomic E-state index is 0.252. The number of likely N-dealkylation sites (tertiary alicyclic amines) is 1. The first-order valence-electron chi connectivity index (χ1n) is 18.1. The number of aromatic nitrogens is 1. The third-order valence-corrected chi connectivity index (χ3v) is 9.85. The Morgan fingerprint density at radius 1 is 1.00 bits per heavy atom. The molecule has 0 aliphatic carbocycles. The lowest BCUT2D eigenvalue weighted by molar-refractivity contribution is 0.224. The summed E-state index contributed by atoms with van der Waals surface area (Å²) in [5.74, 6) is 2.35. The molecule has 6 nitrogen and oxygen atoms in total. The van der Waals surface area contributed by atoms with Gasteiger partial charge in [0.05, 0.1) is 27.0 Å². The number of rotatable bonds is 16. The molecule has 52 heavy (non-hydrogen) atoms. The van der Waals surface area contributed by atoms with Crippen LogP contribution in [0.25, 0.3) is 22.9 Å². The maximum atomic E-state index is 14.0. The van der Waals surface area contributed by atoms with Crippen LogP contribution >= 0.6 is 0 Å². The summed E-state index contributed by atoms with van der Waals surface area (Å²) in [5.41, 5.74) is 7.75. The maximum Gasteiger partial charge on any atom is 0.167 e. The summed E-state index contributed by atoms with van der Waals surface area (Å²) in [6.07, 6.45) is 13.4. The molecule has 2 heterocycles. The van der Waals surface area contributed by atoms with Gasteiger partial charge >= 0.3 is 0 Å². The van der Waals surface area contributed by atoms with Crippen molar-refractivity contribution in [2.24, 2.45) is 5.92 Å². The second-order valence-electron chi connectivity index (χ2n) is 13.4. The minimum atomic E-state index is -0.252. The number of hydrogen-bond acceptors (Lipinski definition) is 6. The van der Waals surface area contributed by atoms with Gasteiger partial charge in [0.15, 0.2) is 11.5 Å². The van der Waals surface area contributed by atoms with E-state index in [2.05, 4.69) is 79.3 Å². The summed E-state index contributed by atoms with van der Waals surface area (Å²) < 4.78 is 30.7. The number of halogens is 1. The van der Waals surface area contributed by atoms with E-state index in [4.69, 9.17) is 19.2 Å². The smallest absolute Gasteiger partial charge is 0.167 e. The quantitative estimate of drug-likeness (QED) is 0.108. The third kappa shape index (κ3) is 9.80. The average molecular weight is 702 g/mol. The van der Waals surface area contributed by atoms with Gasteiger partial charge in [0.2, 0.25) is 0 Å². The first-order chi connectivity index (χ1) is 25.2. The van der Waals surface area contributed by atoms with E-state index in [1.54, 1.807) is 39.5 Å². The van der Waals surface area contributed by atoms with Crippen molar-refractivity contribution in [3.63, 3.8) is 0 Å². The average Bonchev–Trinajstić information content (AvgIpc) is 3.18. The van der Waals surface area contributed by atoms with E-state index in [0.717, 1.165) is 90.4 Å². The zero-order chi connectivity index (χ0) is 37.0. The van der Waals surface area contributed by atoms with E-state index in [1.807, 2.05) is 36.5 Å². The normalized spacial score (nSPS) is 14.6. The number of allylic oxidation sites excluding steroid dienone is 3. The van der Waals surface area contributed by atoms with Crippen LogP contribution in [0, 0.1) is 11.7 Å². The van der Waals surface area contributed by atoms with Gasteiger partial charge in [-0.25, -0.2) is 4.39 Å². The predicted octanol–water partition coefficient (Wildman–Crippen LogP) is 10.3. The zero-order valence-electron chi connectivity index (χ0n) is 31.3. The zero-order valence-corrected chi connectivity index (χ0v) is 31.3. The highest BCUT2D eigenvalue weighted by Crippen LogP contribution is 2.37. The molecule has 0 amide bonds. The van der Waals surface area contributed by atoms with Crippen LogP contribution in [-0.4, -0.2) is 56.9 Å². The van der Waals surface area contributed by atoms with Gasteiger partial charge < -0.3 is 19.1 Å². The Morgan fingerprint density at radius 2 is 1.77 bits per heavy atom. The lowest BCUT2D eigenvalue weighted by Crippen LogP contribution is -2.45. The largest absolute Gasteiger partial charge is 0.497 e. The van der Waals surface area contributed by atoms with Gasteiger partial charge in [0.1, 0.15) is 11.6 Å². The Bertz CT molecular complexity index is 1880. The molecule has 1 aromatic heterocycles. The Labute approximate surface area is 309 Å². The van der Waals surface area contributed by atoms with Gasteiger partial charge in [-0.1, -0.05) is 69.9 Å². The van der Waals surface area contributed by atoms with Crippen LogP contribution in [0.1, 0.15) is 49.8 Å². The fourth-order valence-electron chi connectivity index (χ4n) is 6.64. The van der Waals surface area contributed by atoms with Crippen LogP contribution in [0.3, 0.4) is 0 Å². The Kier molecular flexibility index (Phi) is 13.5. The monoisotopic (exact) mass is 701 g/mol. The van der Waals surface area contributed by atoms with Crippen molar-refractivity contribution in [2.75, 3.05) is 45.9 Å². The molecule has 1 aliphatic heterocycles. The van der Waals surface area contributed by atoms with Crippen LogP contribution in [0.2, 0.25) is 0 Å². The minimum Gasteiger partial charge on any atom is -0.497 e. The first kappa shape index (κ1) is 38.1. The van der Waals surface area contributed by atoms with Gasteiger partial charge in [-0.2, -0.15) is 0 Å². The molecule has 0 N–H and O–H groups in total. The molecule has 4 aromatic rings. The van der Waals surface area contributed by atoms with E-state index in [9.17, 15) is 4.39 Å². The Balaban J connectivity index is 1.36. The first-order valence-corrected chi connectivity index (χ1v) is 18.1. The number of methoxy groups -OCH3 is 3. The van der Waals surface area contributed by atoms with Crippen molar-refractivity contribution in [2.45, 2.75) is 45.7 Å². The van der Waals surface area contributed by atoms with Crippen molar-refractivity contribution in [1.82, 2.24) is 9.88 Å². The lowest BCUT2D eigenvalue weighted by atomic mass is 9.98. The molecule has 3 aromatic carbocycles. The molecule has 1 aliphatic rings. The van der Waals surface area contributed by atoms with E-state index in [1.165, 1.54) is 11.6 Å². The summed E-state index contributed by atoms with van der Waals surface area (Å²) in [7, 11) is 4.97. The van der Waals surface area contributed by atoms with Gasteiger partial charge in [-0.05, 0) is 102 Å². The number of nitrogens with zero attached hydrogens (tertiary/aromatic N) is 3. The van der Waals surface area contributed by atoms with Crippen molar-refractivity contribution in [3.8, 4) is 28.5 Å². The summed E-state index contributed by atoms with van der Waals surface area (Å²) in [4.78, 5) is 9.78. The molecule has 0 bridgehead atoms. The highest BCUT2D eigenvalue weighted by Gasteiger charge is 2.26. The molecular weight excluding hydrogens is 650 g/mol. The summed E-state index contributed by atoms with van der Waals surface area (Å²) in [6.45, 7) is 16.1. The van der Waals surface area contributed by atoms with Crippen molar-refractivity contribution in [1.29, 1.82) is 0 Å². The van der Waals surface area contributed by atoms with Gasteiger partial charge in [-0.15, -0.1) is 0 Å². The summed E-state index contributed by atoms with van der Waals surface area (Å²) >= 11 is 0. The van der Waals surface area contributed by atoms with Gasteiger partial charge in [0, 0.05) is 55.2 Å². The van der Waals surface area contributed by atoms with Crippen LogP contribution in [0.4, 0.5) is 10.1 Å². The molecule has 5 rings (SSSR count). The molecule has 0 saturated carbocycles. The fourth-order valence-corrected chi connectivity index (χ4v) is 6.64. The second kappa shape index (κ2) is 18.4. The van der Waals surface area contributed by atoms with Crippen molar-refractivity contribution < 1.29 is 18.6 Å². The number of pyridine rings is 1. The Morgan fingerprint density at radius 3 is 2.42 bits per heavy atom. The van der Waals surface area contributed by atoms with Crippen LogP contribution in [0.15, 0.2) is 116 Å². The molecule has 1 atom stereocenters. The second-order valence-corrected chi connectivity index (χ2v) is 13.4. The number of ether oxygens (including phenoxy) is 3. The SMILES string of the molecule is C=Cc1cc(-c2cc(CN(c3ccc(OC)cc3)C3CCN(CC(/C=C\C(C)CC)=C/C(=C)c4cccc(F)c4)CC3)ccn2)cc(OC)c1OC. The predicted molar refractivity (Wildman–Crippen MR) is 214 cm³/mol. The summed E-state index contributed by atoms with van der Waals surface area (Å²) in [5, 5.41) is 0. The topological polar surface area (TPSA) is 47.1 Å². The van der Waals surface area contributed by atoms with Gasteiger partial charge in [0.25, 0.3) is 0 Å². The van der Waals surface area contributed by atoms with E-state index in [-0.39, 0.29) is 5.82 Å². The maximum absolute atomic E-state index is 14.0. The molecular formula is C45H52FN3O3. The fraction of sp³-hybridized carbons (Fsp3) is 0.311. The number of anilines is 1. The van der Waals surface area contributed by atoms with E-state index < -0.39 is 0 Å². The molecule has 1 fully saturated rings. The summed E-state index contributed by atoms with van der Waals surface area (Å²) in [6, 6.07) is 23.6. The standard InChI is InChI=1S/C45H52FN3O3/c1-8-32(3)13-14-34(25-33(4)37-11-10-12-39(46)28-37)30-48-23-20-41(21-24-48)49(40-15-17-42(50-5)18-16-40)31-35-19-22-47-43(26-35)38-27-36(9-2)45(52-7)44(29-38)51-6/h9-19,22,25-29,32,41H,2,4,8,20-21,23-24,30-31H2,1,3,5-7H3/b14-13-,34-25+. The molecule has 7 heteroatoms. The highest BCUT2D eigenvalue weighted by atomic mass is 19.1. The van der Waals surface area contributed by atoms with Crippen LogP contribution < -0.4 is 19.1 Å². The third-order valence-electron chi connectivity index (χ3n) is 9.85. The highest BCUT2D eigenvalue weighted by molar-refractivity contribution is 5.74. The van der Waals surface area contributed by atoms with Crippen LogP contribution in [0.5, 0.6) is 17.2 Å². The molecule has 1 unspecified atom stereocenters. The molecule has 1 saturated heterocycles. The Hall–Kier alpha value is -5.14. The van der Waals surface area contributed by atoms with E-state index in [0.29, 0.717) is 23.5 Å².